The molecule has 1 aromatic heterocycles. The SMILES string of the molecule is CCOc1cccc2sc(=NC(=O)c3ccc(S(C)(=O)=O)cc3)n(C)c12. The normalized spacial score (nSPS) is 12.5. The lowest BCUT2D eigenvalue weighted by atomic mass is 10.2. The summed E-state index contributed by atoms with van der Waals surface area (Å²) in [7, 11) is -1.46. The third kappa shape index (κ3) is 3.56. The standard InChI is InChI=1S/C18H18N2O4S2/c1-4-24-14-6-5-7-15-16(14)20(2)18(25-15)19-17(21)12-8-10-13(11-9-12)26(3,22)23/h5-11H,4H2,1-3H3. The van der Waals surface area contributed by atoms with Crippen LogP contribution in [-0.4, -0.2) is 31.8 Å². The number of para-hydroxylation sites is 1. The fraction of sp³-hybridized carbons (Fsp3) is 0.222. The molecule has 0 saturated carbocycles. The molecule has 0 aliphatic carbocycles. The first kappa shape index (κ1) is 18.3. The van der Waals surface area contributed by atoms with Gasteiger partial charge in [-0.3, -0.25) is 4.79 Å². The lowest BCUT2D eigenvalue weighted by Crippen LogP contribution is -2.13. The van der Waals surface area contributed by atoms with Crippen LogP contribution in [-0.2, 0) is 16.9 Å². The van der Waals surface area contributed by atoms with Crippen molar-refractivity contribution in [3.8, 4) is 5.75 Å². The van der Waals surface area contributed by atoms with Crippen LogP contribution >= 0.6 is 11.3 Å². The quantitative estimate of drug-likeness (QED) is 0.686. The molecule has 8 heteroatoms. The predicted molar refractivity (Wildman–Crippen MR) is 101 cm³/mol. The molecule has 0 unspecified atom stereocenters. The second-order valence-electron chi connectivity index (χ2n) is 5.69. The van der Waals surface area contributed by atoms with E-state index < -0.39 is 15.7 Å². The average molecular weight is 390 g/mol. The van der Waals surface area contributed by atoms with Gasteiger partial charge in [-0.15, -0.1) is 0 Å². The zero-order valence-electron chi connectivity index (χ0n) is 14.6. The third-order valence-corrected chi connectivity index (χ3v) is 6.04. The number of hydrogen-bond acceptors (Lipinski definition) is 5. The van der Waals surface area contributed by atoms with Gasteiger partial charge in [-0.05, 0) is 43.3 Å². The van der Waals surface area contributed by atoms with Crippen LogP contribution in [0.4, 0.5) is 0 Å². The Bertz CT molecular complexity index is 1140. The first-order chi connectivity index (χ1) is 12.3. The molecule has 0 spiro atoms. The summed E-state index contributed by atoms with van der Waals surface area (Å²) < 4.78 is 31.5. The fourth-order valence-electron chi connectivity index (χ4n) is 2.54. The molecule has 6 nitrogen and oxygen atoms in total. The Kier molecular flexibility index (Phi) is 4.97. The van der Waals surface area contributed by atoms with Crippen LogP contribution in [0.5, 0.6) is 5.75 Å². The summed E-state index contributed by atoms with van der Waals surface area (Å²) in [6.07, 6.45) is 1.13. The molecular weight excluding hydrogens is 372 g/mol. The van der Waals surface area contributed by atoms with Crippen LogP contribution < -0.4 is 9.54 Å². The van der Waals surface area contributed by atoms with Crippen LogP contribution in [0.25, 0.3) is 10.2 Å². The number of carbonyl (C=O) groups excluding carboxylic acids is 1. The largest absolute Gasteiger partial charge is 0.492 e. The van der Waals surface area contributed by atoms with Crippen LogP contribution in [0.15, 0.2) is 52.4 Å². The number of thiazole rings is 1. The predicted octanol–water partition coefficient (Wildman–Crippen LogP) is 2.78. The molecule has 136 valence electrons. The summed E-state index contributed by atoms with van der Waals surface area (Å²) in [4.78, 5) is 17.4. The molecule has 2 aromatic carbocycles. The Labute approximate surface area is 155 Å². The maximum absolute atomic E-state index is 12.5. The molecule has 0 N–H and O–H groups in total. The summed E-state index contributed by atoms with van der Waals surface area (Å²) in [6.45, 7) is 2.47. The molecule has 0 radical (unpaired) electrons. The minimum atomic E-state index is -3.30. The maximum Gasteiger partial charge on any atom is 0.279 e. The number of hydrogen-bond donors (Lipinski definition) is 0. The van der Waals surface area contributed by atoms with E-state index >= 15 is 0 Å². The number of aryl methyl sites for hydroxylation is 1. The van der Waals surface area contributed by atoms with Gasteiger partial charge in [0.25, 0.3) is 5.91 Å². The van der Waals surface area contributed by atoms with E-state index in [9.17, 15) is 13.2 Å². The van der Waals surface area contributed by atoms with Crippen LogP contribution in [0.1, 0.15) is 17.3 Å². The molecule has 0 bridgehead atoms. The number of ether oxygens (including phenoxy) is 1. The lowest BCUT2D eigenvalue weighted by molar-refractivity contribution is 0.0998. The van der Waals surface area contributed by atoms with Gasteiger partial charge in [0.05, 0.1) is 16.2 Å². The number of benzene rings is 2. The highest BCUT2D eigenvalue weighted by molar-refractivity contribution is 7.90. The van der Waals surface area contributed by atoms with E-state index in [1.54, 1.807) is 0 Å². The van der Waals surface area contributed by atoms with Gasteiger partial charge in [0.1, 0.15) is 11.3 Å². The van der Waals surface area contributed by atoms with Crippen molar-refractivity contribution in [2.45, 2.75) is 11.8 Å². The summed E-state index contributed by atoms with van der Waals surface area (Å²) in [5.74, 6) is 0.320. The minimum Gasteiger partial charge on any atom is -0.492 e. The van der Waals surface area contributed by atoms with E-state index in [-0.39, 0.29) is 4.90 Å². The highest BCUT2D eigenvalue weighted by Crippen LogP contribution is 2.26. The molecule has 0 atom stereocenters. The molecule has 1 amide bonds. The molecule has 0 aliphatic heterocycles. The summed E-state index contributed by atoms with van der Waals surface area (Å²) in [6, 6.07) is 11.5. The molecule has 0 fully saturated rings. The molecule has 1 heterocycles. The van der Waals surface area contributed by atoms with E-state index in [0.717, 1.165) is 22.2 Å². The molecule has 26 heavy (non-hydrogen) atoms. The first-order valence-corrected chi connectivity index (χ1v) is 10.6. The van der Waals surface area contributed by atoms with Gasteiger partial charge in [0.15, 0.2) is 14.6 Å². The number of rotatable bonds is 4. The lowest BCUT2D eigenvalue weighted by Gasteiger charge is -2.05. The van der Waals surface area contributed by atoms with Crippen molar-refractivity contribution >= 4 is 37.3 Å². The van der Waals surface area contributed by atoms with Crippen molar-refractivity contribution in [3.05, 3.63) is 52.8 Å². The topological polar surface area (TPSA) is 77.7 Å². The first-order valence-electron chi connectivity index (χ1n) is 7.92. The summed E-state index contributed by atoms with van der Waals surface area (Å²) >= 11 is 1.39. The van der Waals surface area contributed by atoms with Crippen molar-refractivity contribution in [2.24, 2.45) is 12.0 Å². The fourth-order valence-corrected chi connectivity index (χ4v) is 4.21. The Morgan fingerprint density at radius 3 is 2.50 bits per heavy atom. The van der Waals surface area contributed by atoms with Gasteiger partial charge in [-0.1, -0.05) is 17.4 Å². The minimum absolute atomic E-state index is 0.169. The molecule has 3 aromatic rings. The maximum atomic E-state index is 12.5. The van der Waals surface area contributed by atoms with Gasteiger partial charge in [-0.25, -0.2) is 8.42 Å². The smallest absolute Gasteiger partial charge is 0.279 e. The van der Waals surface area contributed by atoms with Gasteiger partial charge in [-0.2, -0.15) is 4.99 Å². The molecule has 0 aliphatic rings. The van der Waals surface area contributed by atoms with Crippen molar-refractivity contribution < 1.29 is 17.9 Å². The van der Waals surface area contributed by atoms with E-state index in [1.807, 2.05) is 36.7 Å². The van der Waals surface area contributed by atoms with Crippen LogP contribution in [0.3, 0.4) is 0 Å². The number of amides is 1. The number of sulfone groups is 1. The zero-order valence-corrected chi connectivity index (χ0v) is 16.2. The second-order valence-corrected chi connectivity index (χ2v) is 8.72. The van der Waals surface area contributed by atoms with E-state index in [2.05, 4.69) is 4.99 Å². The van der Waals surface area contributed by atoms with Gasteiger partial charge in [0, 0.05) is 18.9 Å². The summed E-state index contributed by atoms with van der Waals surface area (Å²) in [5, 5.41) is 0. The van der Waals surface area contributed by atoms with Crippen molar-refractivity contribution in [2.75, 3.05) is 12.9 Å². The molecular formula is C18H18N2O4S2. The van der Waals surface area contributed by atoms with Crippen molar-refractivity contribution in [3.63, 3.8) is 0 Å². The molecule has 3 rings (SSSR count). The second kappa shape index (κ2) is 7.05. The number of nitrogens with zero attached hydrogens (tertiary/aromatic N) is 2. The Hall–Kier alpha value is -2.45. The van der Waals surface area contributed by atoms with Gasteiger partial charge < -0.3 is 9.30 Å². The van der Waals surface area contributed by atoms with Crippen LogP contribution in [0, 0.1) is 0 Å². The summed E-state index contributed by atoms with van der Waals surface area (Å²) in [5.41, 5.74) is 1.22. The Morgan fingerprint density at radius 1 is 1.19 bits per heavy atom. The highest BCUT2D eigenvalue weighted by atomic mass is 32.2. The number of carbonyl (C=O) groups is 1. The van der Waals surface area contributed by atoms with E-state index in [1.165, 1.54) is 35.6 Å². The van der Waals surface area contributed by atoms with Crippen LogP contribution in [0.2, 0.25) is 0 Å². The van der Waals surface area contributed by atoms with Crippen molar-refractivity contribution in [1.82, 2.24) is 4.57 Å². The Balaban J connectivity index is 2.03. The molecule has 0 saturated heterocycles. The third-order valence-electron chi connectivity index (χ3n) is 3.81. The van der Waals surface area contributed by atoms with Gasteiger partial charge >= 0.3 is 0 Å². The van der Waals surface area contributed by atoms with E-state index in [0.29, 0.717) is 17.0 Å². The van der Waals surface area contributed by atoms with Gasteiger partial charge in [0.2, 0.25) is 0 Å². The van der Waals surface area contributed by atoms with E-state index in [4.69, 9.17) is 4.74 Å². The number of aromatic nitrogens is 1. The zero-order chi connectivity index (χ0) is 18.9. The Morgan fingerprint density at radius 2 is 1.88 bits per heavy atom. The van der Waals surface area contributed by atoms with Crippen molar-refractivity contribution in [1.29, 1.82) is 0 Å². The average Bonchev–Trinajstić information content (AvgIpc) is 2.91. The monoisotopic (exact) mass is 390 g/mol. The highest BCUT2D eigenvalue weighted by Gasteiger charge is 2.12. The number of fused-ring (bicyclic) bond motifs is 1.